The van der Waals surface area contributed by atoms with E-state index < -0.39 is 0 Å². The van der Waals surface area contributed by atoms with Crippen LogP contribution in [0.5, 0.6) is 5.75 Å². The van der Waals surface area contributed by atoms with Gasteiger partial charge in [0.1, 0.15) is 5.75 Å². The highest BCUT2D eigenvalue weighted by Gasteiger charge is 2.11. The Morgan fingerprint density at radius 2 is 2.10 bits per heavy atom. The molecule has 0 unspecified atom stereocenters. The lowest BCUT2D eigenvalue weighted by Gasteiger charge is -2.17. The molecule has 0 saturated carbocycles. The number of ether oxygens (including phenoxy) is 1. The average Bonchev–Trinajstić information content (AvgIpc) is 2.46. The predicted molar refractivity (Wildman–Crippen MR) is 89.7 cm³/mol. The highest BCUT2D eigenvalue weighted by Crippen LogP contribution is 2.24. The fourth-order valence-corrected chi connectivity index (χ4v) is 2.81. The highest BCUT2D eigenvalue weighted by atomic mass is 79.9. The zero-order valence-corrected chi connectivity index (χ0v) is 14.5. The summed E-state index contributed by atoms with van der Waals surface area (Å²) in [6.45, 7) is 6.94. The number of nitrogens with one attached hydrogen (secondary N) is 1. The Labute approximate surface area is 134 Å². The van der Waals surface area contributed by atoms with Crippen LogP contribution in [0.4, 0.5) is 0 Å². The number of halogens is 1. The van der Waals surface area contributed by atoms with E-state index in [0.29, 0.717) is 0 Å². The van der Waals surface area contributed by atoms with Crippen LogP contribution < -0.4 is 10.1 Å². The molecule has 0 saturated heterocycles. The Kier molecular flexibility index (Phi) is 5.37. The maximum atomic E-state index is 5.45. The van der Waals surface area contributed by atoms with Crippen molar-refractivity contribution in [3.05, 3.63) is 57.3 Å². The first kappa shape index (κ1) is 16.0. The fourth-order valence-electron chi connectivity index (χ4n) is 2.39. The smallest absolute Gasteiger partial charge is 0.128 e. The molecule has 3 nitrogen and oxygen atoms in total. The molecule has 0 bridgehead atoms. The van der Waals surface area contributed by atoms with Gasteiger partial charge in [0.2, 0.25) is 0 Å². The molecule has 1 heterocycles. The second-order valence-electron chi connectivity index (χ2n) is 5.20. The van der Waals surface area contributed by atoms with Crippen molar-refractivity contribution in [3.63, 3.8) is 0 Å². The summed E-state index contributed by atoms with van der Waals surface area (Å²) < 4.78 is 6.55. The molecule has 0 spiro atoms. The van der Waals surface area contributed by atoms with E-state index in [0.717, 1.165) is 33.6 Å². The molecule has 21 heavy (non-hydrogen) atoms. The van der Waals surface area contributed by atoms with E-state index in [1.165, 1.54) is 5.56 Å². The van der Waals surface area contributed by atoms with Crippen molar-refractivity contribution in [3.8, 4) is 5.75 Å². The van der Waals surface area contributed by atoms with Crippen molar-refractivity contribution in [1.29, 1.82) is 0 Å². The van der Waals surface area contributed by atoms with Crippen molar-refractivity contribution in [2.75, 3.05) is 7.11 Å². The molecular weight excluding hydrogens is 328 g/mol. The van der Waals surface area contributed by atoms with E-state index in [-0.39, 0.29) is 6.04 Å². The van der Waals surface area contributed by atoms with Gasteiger partial charge in [-0.05, 0) is 38.5 Å². The van der Waals surface area contributed by atoms with E-state index in [9.17, 15) is 0 Å². The maximum Gasteiger partial charge on any atom is 0.128 e. The minimum Gasteiger partial charge on any atom is -0.496 e. The number of hydrogen-bond acceptors (Lipinski definition) is 3. The quantitative estimate of drug-likeness (QED) is 0.873. The van der Waals surface area contributed by atoms with Gasteiger partial charge in [0.15, 0.2) is 0 Å². The lowest BCUT2D eigenvalue weighted by molar-refractivity contribution is 0.406. The molecule has 0 radical (unpaired) electrons. The SMILES string of the molecule is COc1c(C)cnc(CN[C@H](C)c2cccc(Br)c2)c1C. The summed E-state index contributed by atoms with van der Waals surface area (Å²) in [4.78, 5) is 4.52. The van der Waals surface area contributed by atoms with Crippen LogP contribution in [0.3, 0.4) is 0 Å². The Morgan fingerprint density at radius 3 is 2.76 bits per heavy atom. The van der Waals surface area contributed by atoms with E-state index in [1.54, 1.807) is 7.11 Å². The van der Waals surface area contributed by atoms with Gasteiger partial charge in [0.05, 0.1) is 12.8 Å². The highest BCUT2D eigenvalue weighted by molar-refractivity contribution is 9.10. The summed E-state index contributed by atoms with van der Waals surface area (Å²) in [5.41, 5.74) is 4.45. The normalized spacial score (nSPS) is 12.2. The first-order chi connectivity index (χ1) is 10.0. The molecule has 1 atom stereocenters. The van der Waals surface area contributed by atoms with Gasteiger partial charge in [-0.25, -0.2) is 0 Å². The zero-order valence-electron chi connectivity index (χ0n) is 12.9. The van der Waals surface area contributed by atoms with Gasteiger partial charge in [-0.3, -0.25) is 4.98 Å². The third kappa shape index (κ3) is 3.83. The number of hydrogen-bond donors (Lipinski definition) is 1. The third-order valence-corrected chi connectivity index (χ3v) is 4.17. The summed E-state index contributed by atoms with van der Waals surface area (Å²) in [5, 5.41) is 3.52. The monoisotopic (exact) mass is 348 g/mol. The van der Waals surface area contributed by atoms with Crippen LogP contribution in [0.15, 0.2) is 34.9 Å². The lowest BCUT2D eigenvalue weighted by Crippen LogP contribution is -2.19. The molecule has 0 aliphatic rings. The molecule has 112 valence electrons. The van der Waals surface area contributed by atoms with Crippen LogP contribution in [-0.4, -0.2) is 12.1 Å². The third-order valence-electron chi connectivity index (χ3n) is 3.67. The van der Waals surface area contributed by atoms with E-state index in [2.05, 4.69) is 58.3 Å². The standard InChI is InChI=1S/C17H21BrN2O/c1-11-9-20-16(12(2)17(11)21-4)10-19-13(3)14-6-5-7-15(18)8-14/h5-9,13,19H,10H2,1-4H3/t13-/m1/s1. The van der Waals surface area contributed by atoms with Crippen molar-refractivity contribution in [2.45, 2.75) is 33.4 Å². The molecule has 0 amide bonds. The minimum absolute atomic E-state index is 0.260. The minimum atomic E-state index is 0.260. The van der Waals surface area contributed by atoms with Crippen molar-refractivity contribution in [1.82, 2.24) is 10.3 Å². The summed E-state index contributed by atoms with van der Waals surface area (Å²) in [7, 11) is 1.71. The predicted octanol–water partition coefficient (Wildman–Crippen LogP) is 4.32. The molecule has 0 fully saturated rings. The van der Waals surface area contributed by atoms with Crippen molar-refractivity contribution >= 4 is 15.9 Å². The Hall–Kier alpha value is -1.39. The number of benzene rings is 1. The summed E-state index contributed by atoms with van der Waals surface area (Å²) in [6, 6.07) is 8.60. The largest absolute Gasteiger partial charge is 0.496 e. The molecule has 0 aliphatic heterocycles. The topological polar surface area (TPSA) is 34.1 Å². The van der Waals surface area contributed by atoms with Gasteiger partial charge < -0.3 is 10.1 Å². The van der Waals surface area contributed by atoms with Gasteiger partial charge in [0.25, 0.3) is 0 Å². The summed E-state index contributed by atoms with van der Waals surface area (Å²) >= 11 is 3.51. The van der Waals surface area contributed by atoms with Crippen LogP contribution in [0, 0.1) is 13.8 Å². The average molecular weight is 349 g/mol. The van der Waals surface area contributed by atoms with E-state index >= 15 is 0 Å². The summed E-state index contributed by atoms with van der Waals surface area (Å²) in [6.07, 6.45) is 1.87. The molecule has 4 heteroatoms. The van der Waals surface area contributed by atoms with Crippen molar-refractivity contribution in [2.24, 2.45) is 0 Å². The van der Waals surface area contributed by atoms with Crippen LogP contribution in [0.25, 0.3) is 0 Å². The summed E-state index contributed by atoms with van der Waals surface area (Å²) in [5.74, 6) is 0.928. The van der Waals surface area contributed by atoms with Crippen LogP contribution in [0.2, 0.25) is 0 Å². The number of pyridine rings is 1. The van der Waals surface area contributed by atoms with E-state index in [1.807, 2.05) is 19.2 Å². The van der Waals surface area contributed by atoms with E-state index in [4.69, 9.17) is 4.74 Å². The fraction of sp³-hybridized carbons (Fsp3) is 0.353. The van der Waals surface area contributed by atoms with Gasteiger partial charge in [-0.15, -0.1) is 0 Å². The first-order valence-corrected chi connectivity index (χ1v) is 7.80. The molecule has 2 rings (SSSR count). The molecule has 1 N–H and O–H groups in total. The van der Waals surface area contributed by atoms with Crippen LogP contribution in [-0.2, 0) is 6.54 Å². The Bertz CT molecular complexity index is 628. The number of methoxy groups -OCH3 is 1. The Balaban J connectivity index is 2.10. The molecule has 2 aromatic rings. The van der Waals surface area contributed by atoms with Gasteiger partial charge in [-0.1, -0.05) is 28.1 Å². The second kappa shape index (κ2) is 7.05. The van der Waals surface area contributed by atoms with Crippen LogP contribution in [0.1, 0.15) is 35.3 Å². The molecule has 1 aromatic heterocycles. The number of nitrogens with zero attached hydrogens (tertiary/aromatic N) is 1. The Morgan fingerprint density at radius 1 is 1.33 bits per heavy atom. The maximum absolute atomic E-state index is 5.45. The lowest BCUT2D eigenvalue weighted by atomic mass is 10.1. The number of aryl methyl sites for hydroxylation is 1. The van der Waals surface area contributed by atoms with Crippen LogP contribution >= 0.6 is 15.9 Å². The molecule has 1 aromatic carbocycles. The van der Waals surface area contributed by atoms with Gasteiger partial charge in [0, 0.05) is 34.4 Å². The number of aromatic nitrogens is 1. The van der Waals surface area contributed by atoms with Gasteiger partial charge >= 0.3 is 0 Å². The first-order valence-electron chi connectivity index (χ1n) is 7.01. The molecule has 0 aliphatic carbocycles. The molecular formula is C17H21BrN2O. The number of rotatable bonds is 5. The van der Waals surface area contributed by atoms with Gasteiger partial charge in [-0.2, -0.15) is 0 Å². The van der Waals surface area contributed by atoms with Crippen molar-refractivity contribution < 1.29 is 4.74 Å². The second-order valence-corrected chi connectivity index (χ2v) is 6.12. The zero-order chi connectivity index (χ0) is 15.4.